The Labute approximate surface area is 415 Å². The molecule has 3 aromatic heterocycles. The van der Waals surface area contributed by atoms with Gasteiger partial charge in [0.15, 0.2) is 0 Å². The highest BCUT2D eigenvalue weighted by atomic mass is 16.5. The third-order valence-electron chi connectivity index (χ3n) is 12.6. The van der Waals surface area contributed by atoms with Crippen LogP contribution in [0.5, 0.6) is 23.0 Å². The van der Waals surface area contributed by atoms with Gasteiger partial charge >= 0.3 is 0 Å². The Morgan fingerprint density at radius 2 is 1.10 bits per heavy atom. The highest BCUT2D eigenvalue weighted by molar-refractivity contribution is 6.11. The van der Waals surface area contributed by atoms with Crippen LogP contribution in [0.4, 0.5) is 0 Å². The van der Waals surface area contributed by atoms with Crippen molar-refractivity contribution in [3.8, 4) is 62.1 Å². The number of aliphatic hydroxyl groups is 3. The van der Waals surface area contributed by atoms with Crippen molar-refractivity contribution in [3.05, 3.63) is 150 Å². The third-order valence-corrected chi connectivity index (χ3v) is 12.6. The minimum atomic E-state index is -0.108. The lowest BCUT2D eigenvalue weighted by Crippen LogP contribution is -2.16. The van der Waals surface area contributed by atoms with Crippen molar-refractivity contribution in [2.24, 2.45) is 0 Å². The molecule has 1 unspecified atom stereocenters. The highest BCUT2D eigenvalue weighted by Crippen LogP contribution is 2.49. The van der Waals surface area contributed by atoms with Crippen molar-refractivity contribution in [3.63, 3.8) is 0 Å². The van der Waals surface area contributed by atoms with Gasteiger partial charge in [0.05, 0.1) is 59.7 Å². The first-order chi connectivity index (χ1) is 35.0. The molecule has 11 heteroatoms. The number of unbranched alkanes of at least 4 members (excludes halogenated alkanes) is 3. The largest absolute Gasteiger partial charge is 0.491 e. The van der Waals surface area contributed by atoms with Crippen molar-refractivity contribution in [1.82, 2.24) is 19.5 Å². The van der Waals surface area contributed by atoms with Gasteiger partial charge in [0.2, 0.25) is 0 Å². The van der Waals surface area contributed by atoms with Crippen molar-refractivity contribution < 1.29 is 34.3 Å². The van der Waals surface area contributed by atoms with Gasteiger partial charge in [-0.15, -0.1) is 0 Å². The lowest BCUT2D eigenvalue weighted by molar-refractivity contribution is 0.176. The molecule has 0 spiro atoms. The molecule has 11 nitrogen and oxygen atoms in total. The minimum absolute atomic E-state index is 0.00742. The molecular formula is C60H62N4O7. The molecule has 0 amide bonds. The Morgan fingerprint density at radius 1 is 0.535 bits per heavy atom. The van der Waals surface area contributed by atoms with Gasteiger partial charge in [-0.1, -0.05) is 82.0 Å². The smallest absolute Gasteiger partial charge is 0.127 e. The van der Waals surface area contributed by atoms with Crippen LogP contribution in [0.25, 0.3) is 85.4 Å². The lowest BCUT2D eigenvalue weighted by atomic mass is 9.92. The van der Waals surface area contributed by atoms with Crippen LogP contribution < -0.4 is 18.9 Å². The predicted molar refractivity (Wildman–Crippen MR) is 286 cm³/mol. The highest BCUT2D eigenvalue weighted by Gasteiger charge is 2.28. The molecule has 7 aromatic rings. The molecule has 2 aliphatic heterocycles. The van der Waals surface area contributed by atoms with Gasteiger partial charge in [0, 0.05) is 39.0 Å². The van der Waals surface area contributed by atoms with Crippen molar-refractivity contribution >= 4 is 46.4 Å². The molecular weight excluding hydrogens is 889 g/mol. The average Bonchev–Trinajstić information content (AvgIpc) is 4.22. The fourth-order valence-electron chi connectivity index (χ4n) is 9.36. The zero-order chi connectivity index (χ0) is 48.9. The topological polar surface area (TPSA) is 144 Å². The molecule has 4 N–H and O–H groups in total. The van der Waals surface area contributed by atoms with Crippen molar-refractivity contribution in [2.75, 3.05) is 39.6 Å². The van der Waals surface area contributed by atoms with E-state index in [1.807, 2.05) is 72.8 Å². The second-order valence-electron chi connectivity index (χ2n) is 17.7. The third kappa shape index (κ3) is 11.4. The normalized spacial score (nSPS) is 12.3. The van der Waals surface area contributed by atoms with E-state index >= 15 is 0 Å². The molecule has 2 aliphatic rings. The van der Waals surface area contributed by atoms with Gasteiger partial charge in [-0.2, -0.15) is 0 Å². The molecule has 71 heavy (non-hydrogen) atoms. The molecule has 0 fully saturated rings. The number of fused-ring (bicyclic) bond motifs is 8. The Hall–Kier alpha value is -7.44. The van der Waals surface area contributed by atoms with Gasteiger partial charge in [-0.25, -0.2) is 9.97 Å². The Bertz CT molecular complexity index is 3140. The summed E-state index contributed by atoms with van der Waals surface area (Å²) < 4.78 is 27.3. The maximum absolute atomic E-state index is 9.68. The van der Waals surface area contributed by atoms with Crippen LogP contribution in [-0.4, -0.2) is 80.6 Å². The van der Waals surface area contributed by atoms with Crippen molar-refractivity contribution in [2.45, 2.75) is 64.9 Å². The van der Waals surface area contributed by atoms with E-state index in [2.05, 4.69) is 102 Å². The summed E-state index contributed by atoms with van der Waals surface area (Å²) >= 11 is 0. The molecule has 0 radical (unpaired) electrons. The SMILES string of the molecule is CCCCCCC(CCC)Oc1ccccc1-c1c2nc(cc3ccc(cc4nc(cc5c(-c6ccc(OCCO)cc6)c(-c6ccc(OCCO)cc6)c1n5-c1ccc(OCCO)cc1)C=C4)[nH]3)C=C2. The summed E-state index contributed by atoms with van der Waals surface area (Å²) in [7, 11) is 0. The van der Waals surface area contributed by atoms with Gasteiger partial charge in [0.25, 0.3) is 0 Å². The number of para-hydroxylation sites is 1. The molecule has 5 heterocycles. The standard InChI is InChI=1S/C60H62N4O7/c1-3-5-6-7-11-52(10-4-2)71-56-13-9-8-12-53(56)59-54-31-22-46(63-54)39-45-19-18-43(61-45)38-44-20-21-47(62-44)40-55-57(41-14-25-49(26-15-41)68-35-32-65)58(42-16-27-50(28-17-42)69-36-33-66)60(59)64(55)48-23-29-51(30-24-48)70-37-34-67/h8-9,12-31,38-40,52,61,65-67H,3-7,10-11,32-37H2,1-2H3. The Kier molecular flexibility index (Phi) is 16.0. The molecule has 364 valence electrons. The summed E-state index contributed by atoms with van der Waals surface area (Å²) in [5.74, 6) is 2.65. The fourth-order valence-corrected chi connectivity index (χ4v) is 9.36. The number of ether oxygens (including phenoxy) is 4. The molecule has 1 atom stereocenters. The average molecular weight is 951 g/mol. The fraction of sp³-hybridized carbons (Fsp3) is 0.267. The molecule has 0 saturated carbocycles. The summed E-state index contributed by atoms with van der Waals surface area (Å²) in [6, 6.07) is 42.7. The first kappa shape index (κ1) is 48.6. The van der Waals surface area contributed by atoms with Gasteiger partial charge in [-0.3, -0.25) is 0 Å². The number of H-pyrrole nitrogens is 1. The van der Waals surface area contributed by atoms with Crippen LogP contribution in [0.15, 0.2) is 127 Å². The van der Waals surface area contributed by atoms with Gasteiger partial charge in [-0.05, 0) is 140 Å². The second-order valence-corrected chi connectivity index (χ2v) is 17.7. The van der Waals surface area contributed by atoms with E-state index in [-0.39, 0.29) is 45.7 Å². The maximum Gasteiger partial charge on any atom is 0.127 e. The van der Waals surface area contributed by atoms with E-state index in [0.29, 0.717) is 17.2 Å². The number of aromatic nitrogens is 4. The van der Waals surface area contributed by atoms with Crippen LogP contribution in [0.1, 0.15) is 81.6 Å². The molecule has 4 aromatic carbocycles. The first-order valence-corrected chi connectivity index (χ1v) is 24.9. The van der Waals surface area contributed by atoms with E-state index in [9.17, 15) is 15.3 Å². The summed E-state index contributed by atoms with van der Waals surface area (Å²) in [5.41, 5.74) is 12.8. The first-order valence-electron chi connectivity index (χ1n) is 24.9. The van der Waals surface area contributed by atoms with Crippen LogP contribution in [-0.2, 0) is 0 Å². The van der Waals surface area contributed by atoms with E-state index < -0.39 is 0 Å². The molecule has 8 bridgehead atoms. The number of hydrogen-bond acceptors (Lipinski definition) is 9. The summed E-state index contributed by atoms with van der Waals surface area (Å²) in [6.07, 6.45) is 15.7. The second kappa shape index (κ2) is 23.4. The number of nitrogens with zero attached hydrogens (tertiary/aromatic N) is 3. The maximum atomic E-state index is 9.68. The number of aromatic amines is 1. The number of aliphatic hydroxyl groups excluding tert-OH is 3. The Balaban J connectivity index is 1.48. The summed E-state index contributed by atoms with van der Waals surface area (Å²) in [4.78, 5) is 14.2. The summed E-state index contributed by atoms with van der Waals surface area (Å²) in [5, 5.41) is 29.0. The molecule has 0 saturated heterocycles. The zero-order valence-electron chi connectivity index (χ0n) is 40.5. The van der Waals surface area contributed by atoms with Gasteiger partial charge < -0.3 is 43.8 Å². The lowest BCUT2D eigenvalue weighted by Gasteiger charge is -2.22. The number of hydrogen-bond donors (Lipinski definition) is 4. The van der Waals surface area contributed by atoms with Crippen molar-refractivity contribution in [1.29, 1.82) is 0 Å². The van der Waals surface area contributed by atoms with Crippen LogP contribution in [0, 0.1) is 0 Å². The van der Waals surface area contributed by atoms with E-state index in [4.69, 9.17) is 28.9 Å². The number of benzene rings is 4. The van der Waals surface area contributed by atoms with Crippen LogP contribution in [0.3, 0.4) is 0 Å². The van der Waals surface area contributed by atoms with E-state index in [1.54, 1.807) is 0 Å². The van der Waals surface area contributed by atoms with Gasteiger partial charge in [0.1, 0.15) is 42.8 Å². The number of nitrogens with one attached hydrogen (secondary N) is 1. The van der Waals surface area contributed by atoms with Crippen LogP contribution in [0.2, 0.25) is 0 Å². The monoisotopic (exact) mass is 950 g/mol. The zero-order valence-corrected chi connectivity index (χ0v) is 40.5. The minimum Gasteiger partial charge on any atom is -0.491 e. The predicted octanol–water partition coefficient (Wildman–Crippen LogP) is 12.8. The molecule has 0 aliphatic carbocycles. The molecule has 9 rings (SSSR count). The van der Waals surface area contributed by atoms with E-state index in [1.165, 1.54) is 12.8 Å². The summed E-state index contributed by atoms with van der Waals surface area (Å²) in [6.45, 7) is 4.64. The van der Waals surface area contributed by atoms with E-state index in [0.717, 1.165) is 122 Å². The number of rotatable bonds is 22. The Morgan fingerprint density at radius 3 is 1.70 bits per heavy atom. The quantitative estimate of drug-likeness (QED) is 0.0488. The van der Waals surface area contributed by atoms with Crippen LogP contribution >= 0.6 is 0 Å².